The molecule has 100 valence electrons. The number of aryl methyl sites for hydroxylation is 1. The van der Waals surface area contributed by atoms with E-state index in [4.69, 9.17) is 14.7 Å². The van der Waals surface area contributed by atoms with Crippen LogP contribution in [0.4, 0.5) is 0 Å². The first-order chi connectivity index (χ1) is 9.22. The summed E-state index contributed by atoms with van der Waals surface area (Å²) in [4.78, 5) is 0. The molecule has 0 radical (unpaired) electrons. The molecule has 0 spiro atoms. The van der Waals surface area contributed by atoms with E-state index in [0.717, 1.165) is 37.4 Å². The van der Waals surface area contributed by atoms with Crippen molar-refractivity contribution in [2.75, 3.05) is 19.8 Å². The maximum atomic E-state index is 9.04. The second-order valence-electron chi connectivity index (χ2n) is 5.42. The van der Waals surface area contributed by atoms with Crippen LogP contribution in [0.25, 0.3) is 0 Å². The van der Waals surface area contributed by atoms with E-state index in [1.54, 1.807) is 0 Å². The van der Waals surface area contributed by atoms with E-state index in [1.807, 2.05) is 12.1 Å². The molecule has 4 heteroatoms. The van der Waals surface area contributed by atoms with Gasteiger partial charge >= 0.3 is 0 Å². The molecule has 1 fully saturated rings. The molecule has 3 rings (SSSR count). The van der Waals surface area contributed by atoms with Crippen LogP contribution >= 0.6 is 0 Å². The molecular formula is C15H18N2O2. The first-order valence-electron chi connectivity index (χ1n) is 6.74. The van der Waals surface area contributed by atoms with Crippen molar-refractivity contribution in [2.24, 2.45) is 5.41 Å². The lowest BCUT2D eigenvalue weighted by Gasteiger charge is -2.20. The zero-order valence-corrected chi connectivity index (χ0v) is 11.2. The molecule has 0 saturated heterocycles. The second kappa shape index (κ2) is 4.75. The van der Waals surface area contributed by atoms with Crippen LogP contribution in [0.15, 0.2) is 12.1 Å². The maximum Gasteiger partial charge on any atom is 0.161 e. The number of benzene rings is 1. The first kappa shape index (κ1) is 12.3. The van der Waals surface area contributed by atoms with E-state index >= 15 is 0 Å². The van der Waals surface area contributed by atoms with Crippen molar-refractivity contribution in [1.29, 1.82) is 5.26 Å². The normalized spacial score (nSPS) is 18.7. The maximum absolute atomic E-state index is 9.04. The predicted molar refractivity (Wildman–Crippen MR) is 71.2 cm³/mol. The molecule has 2 aliphatic rings. The number of ether oxygens (including phenoxy) is 2. The fraction of sp³-hybridized carbons (Fsp3) is 0.533. The summed E-state index contributed by atoms with van der Waals surface area (Å²) in [6.07, 6.45) is 2.05. The van der Waals surface area contributed by atoms with Crippen molar-refractivity contribution in [3.63, 3.8) is 0 Å². The van der Waals surface area contributed by atoms with Crippen molar-refractivity contribution in [1.82, 2.24) is 5.32 Å². The third kappa shape index (κ3) is 2.52. The number of hydrogen-bond acceptors (Lipinski definition) is 4. The molecule has 0 atom stereocenters. The van der Waals surface area contributed by atoms with Crippen LogP contribution < -0.4 is 14.8 Å². The Balaban J connectivity index is 1.66. The van der Waals surface area contributed by atoms with Gasteiger partial charge in [-0.2, -0.15) is 5.26 Å². The minimum atomic E-state index is -0.0955. The number of hydrogen-bond donors (Lipinski definition) is 1. The Morgan fingerprint density at radius 3 is 2.58 bits per heavy atom. The van der Waals surface area contributed by atoms with Gasteiger partial charge in [0.25, 0.3) is 0 Å². The SMILES string of the molecule is Cc1cc2c(cc1CNCC1(C#N)CC1)OCCO2. The summed E-state index contributed by atoms with van der Waals surface area (Å²) in [5, 5.41) is 12.4. The number of nitrogens with zero attached hydrogens (tertiary/aromatic N) is 1. The van der Waals surface area contributed by atoms with Crippen molar-refractivity contribution < 1.29 is 9.47 Å². The van der Waals surface area contributed by atoms with Gasteiger partial charge in [-0.15, -0.1) is 0 Å². The van der Waals surface area contributed by atoms with Gasteiger partial charge in [-0.05, 0) is 43.0 Å². The van der Waals surface area contributed by atoms with E-state index < -0.39 is 0 Å². The average molecular weight is 258 g/mol. The molecule has 0 unspecified atom stereocenters. The molecule has 1 aliphatic heterocycles. The van der Waals surface area contributed by atoms with Crippen molar-refractivity contribution in [3.8, 4) is 17.6 Å². The quantitative estimate of drug-likeness (QED) is 0.899. The van der Waals surface area contributed by atoms with Crippen molar-refractivity contribution in [3.05, 3.63) is 23.3 Å². The summed E-state index contributed by atoms with van der Waals surface area (Å²) in [5.41, 5.74) is 2.30. The summed E-state index contributed by atoms with van der Waals surface area (Å²) in [7, 11) is 0. The Morgan fingerprint density at radius 1 is 1.26 bits per heavy atom. The minimum Gasteiger partial charge on any atom is -0.486 e. The van der Waals surface area contributed by atoms with Crippen LogP contribution in [0, 0.1) is 23.7 Å². The average Bonchev–Trinajstić information content (AvgIpc) is 3.20. The van der Waals surface area contributed by atoms with Crippen LogP contribution in [0.1, 0.15) is 24.0 Å². The Labute approximate surface area is 113 Å². The molecule has 1 saturated carbocycles. The third-order valence-electron chi connectivity index (χ3n) is 3.87. The van der Waals surface area contributed by atoms with Gasteiger partial charge < -0.3 is 14.8 Å². The van der Waals surface area contributed by atoms with Crippen LogP contribution in [-0.2, 0) is 6.54 Å². The number of nitriles is 1. The number of nitrogens with one attached hydrogen (secondary N) is 1. The molecule has 0 aromatic heterocycles. The van der Waals surface area contributed by atoms with Gasteiger partial charge in [-0.3, -0.25) is 0 Å². The van der Waals surface area contributed by atoms with E-state index in [1.165, 1.54) is 11.1 Å². The molecule has 4 nitrogen and oxygen atoms in total. The zero-order valence-electron chi connectivity index (χ0n) is 11.2. The first-order valence-corrected chi connectivity index (χ1v) is 6.74. The van der Waals surface area contributed by atoms with Gasteiger partial charge in [-0.25, -0.2) is 0 Å². The molecule has 0 amide bonds. The van der Waals surface area contributed by atoms with Gasteiger partial charge in [0.2, 0.25) is 0 Å². The highest BCUT2D eigenvalue weighted by atomic mass is 16.6. The highest BCUT2D eigenvalue weighted by molar-refractivity contribution is 5.47. The molecule has 1 N–H and O–H groups in total. The monoisotopic (exact) mass is 258 g/mol. The molecule has 19 heavy (non-hydrogen) atoms. The standard InChI is InChI=1S/C15H18N2O2/c1-11-6-13-14(19-5-4-18-13)7-12(11)8-17-10-15(9-16)2-3-15/h6-7,17H,2-5,8,10H2,1H3. The zero-order chi connectivity index (χ0) is 13.3. The van der Waals surface area contributed by atoms with Gasteiger partial charge in [0.05, 0.1) is 11.5 Å². The van der Waals surface area contributed by atoms with Crippen LogP contribution in [0.2, 0.25) is 0 Å². The molecule has 1 aromatic carbocycles. The summed E-state index contributed by atoms with van der Waals surface area (Å²) in [5.74, 6) is 1.67. The lowest BCUT2D eigenvalue weighted by molar-refractivity contribution is 0.171. The Bertz CT molecular complexity index is 530. The Kier molecular flexibility index (Phi) is 3.08. The number of rotatable bonds is 4. The smallest absolute Gasteiger partial charge is 0.161 e. The molecule has 1 aliphatic carbocycles. The van der Waals surface area contributed by atoms with E-state index in [9.17, 15) is 0 Å². The lowest BCUT2D eigenvalue weighted by Crippen LogP contribution is -2.23. The molecule has 0 bridgehead atoms. The van der Waals surface area contributed by atoms with Crippen molar-refractivity contribution in [2.45, 2.75) is 26.3 Å². The van der Waals surface area contributed by atoms with E-state index in [2.05, 4.69) is 18.3 Å². The fourth-order valence-corrected chi connectivity index (χ4v) is 2.34. The van der Waals surface area contributed by atoms with E-state index in [0.29, 0.717) is 13.2 Å². The van der Waals surface area contributed by atoms with Crippen LogP contribution in [0.5, 0.6) is 11.5 Å². The predicted octanol–water partition coefficient (Wildman–Crippen LogP) is 2.16. The van der Waals surface area contributed by atoms with Gasteiger partial charge in [-0.1, -0.05) is 0 Å². The summed E-state index contributed by atoms with van der Waals surface area (Å²) >= 11 is 0. The highest BCUT2D eigenvalue weighted by Crippen LogP contribution is 2.44. The molecule has 1 heterocycles. The van der Waals surface area contributed by atoms with Crippen LogP contribution in [0.3, 0.4) is 0 Å². The lowest BCUT2D eigenvalue weighted by atomic mass is 10.1. The topological polar surface area (TPSA) is 54.3 Å². The number of fused-ring (bicyclic) bond motifs is 1. The largest absolute Gasteiger partial charge is 0.486 e. The van der Waals surface area contributed by atoms with Gasteiger partial charge in [0.1, 0.15) is 13.2 Å². The Hall–Kier alpha value is -1.73. The molecular weight excluding hydrogens is 240 g/mol. The van der Waals surface area contributed by atoms with Gasteiger partial charge in [0, 0.05) is 13.1 Å². The van der Waals surface area contributed by atoms with E-state index in [-0.39, 0.29) is 5.41 Å². The summed E-state index contributed by atoms with van der Waals surface area (Å²) < 4.78 is 11.2. The summed E-state index contributed by atoms with van der Waals surface area (Å²) in [6.45, 7) is 4.85. The molecule has 1 aromatic rings. The van der Waals surface area contributed by atoms with Crippen molar-refractivity contribution >= 4 is 0 Å². The summed E-state index contributed by atoms with van der Waals surface area (Å²) in [6, 6.07) is 6.47. The third-order valence-corrected chi connectivity index (χ3v) is 3.87. The Morgan fingerprint density at radius 2 is 1.95 bits per heavy atom. The van der Waals surface area contributed by atoms with Crippen LogP contribution in [-0.4, -0.2) is 19.8 Å². The fourth-order valence-electron chi connectivity index (χ4n) is 2.34. The van der Waals surface area contributed by atoms with Gasteiger partial charge in [0.15, 0.2) is 11.5 Å². The minimum absolute atomic E-state index is 0.0955. The second-order valence-corrected chi connectivity index (χ2v) is 5.42. The highest BCUT2D eigenvalue weighted by Gasteiger charge is 2.42.